The number of likely N-dealkylation sites (tertiary alicyclic amines) is 2. The number of piperidine rings is 1. The summed E-state index contributed by atoms with van der Waals surface area (Å²) in [7, 11) is 0. The van der Waals surface area contributed by atoms with Gasteiger partial charge in [-0.2, -0.15) is 4.98 Å². The fourth-order valence-electron chi connectivity index (χ4n) is 4.80. The standard InChI is InChI=1S/C20H29F2N5O3/c21-20(22)8-7-16(28)26(12-20)11-14(23)10-17(29)27-9-3-6-15(27)19-24-18(25-30-19)13-4-1-2-5-13/h13-15H,1-12,23H2/t14-,15+/m1/s1. The molecular formula is C20H29F2N5O3. The molecule has 0 radical (unpaired) electrons. The van der Waals surface area contributed by atoms with E-state index in [0.717, 1.165) is 36.4 Å². The van der Waals surface area contributed by atoms with Crippen molar-refractivity contribution in [3.8, 4) is 0 Å². The van der Waals surface area contributed by atoms with E-state index >= 15 is 0 Å². The maximum Gasteiger partial charge on any atom is 0.265 e. The maximum absolute atomic E-state index is 13.6. The number of nitrogens with two attached hydrogens (primary N) is 1. The topological polar surface area (TPSA) is 106 Å². The predicted octanol–water partition coefficient (Wildman–Crippen LogP) is 2.37. The SMILES string of the molecule is N[C@H](CC(=O)N1CCC[C@H]1c1nc(C2CCCC2)no1)CN1CC(F)(F)CCC1=O. The average molecular weight is 425 g/mol. The van der Waals surface area contributed by atoms with Crippen LogP contribution in [0.1, 0.15) is 81.5 Å². The molecule has 3 fully saturated rings. The van der Waals surface area contributed by atoms with Gasteiger partial charge >= 0.3 is 0 Å². The first-order chi connectivity index (χ1) is 14.3. The fraction of sp³-hybridized carbons (Fsp3) is 0.800. The highest BCUT2D eigenvalue weighted by Gasteiger charge is 2.40. The van der Waals surface area contributed by atoms with E-state index in [0.29, 0.717) is 18.4 Å². The molecule has 1 aromatic heterocycles. The molecule has 2 atom stereocenters. The van der Waals surface area contributed by atoms with Gasteiger partial charge in [-0.05, 0) is 25.7 Å². The number of hydrogen-bond donors (Lipinski definition) is 1. The first kappa shape index (κ1) is 21.1. The molecule has 0 unspecified atom stereocenters. The number of nitrogens with zero attached hydrogens (tertiary/aromatic N) is 4. The van der Waals surface area contributed by atoms with Crippen molar-refractivity contribution in [1.29, 1.82) is 0 Å². The summed E-state index contributed by atoms with van der Waals surface area (Å²) in [4.78, 5) is 32.1. The smallest absolute Gasteiger partial charge is 0.265 e. The Morgan fingerprint density at radius 2 is 2.03 bits per heavy atom. The van der Waals surface area contributed by atoms with Crippen LogP contribution in [0.2, 0.25) is 0 Å². The molecule has 30 heavy (non-hydrogen) atoms. The predicted molar refractivity (Wildman–Crippen MR) is 103 cm³/mol. The lowest BCUT2D eigenvalue weighted by Crippen LogP contribution is -2.51. The lowest BCUT2D eigenvalue weighted by atomic mass is 10.0. The summed E-state index contributed by atoms with van der Waals surface area (Å²) in [6.07, 6.45) is 5.40. The molecule has 2 saturated heterocycles. The Hall–Kier alpha value is -2.10. The van der Waals surface area contributed by atoms with Gasteiger partial charge in [0, 0.05) is 44.3 Å². The van der Waals surface area contributed by atoms with Gasteiger partial charge in [-0.15, -0.1) is 0 Å². The van der Waals surface area contributed by atoms with E-state index in [9.17, 15) is 18.4 Å². The zero-order chi connectivity index (χ0) is 21.3. The van der Waals surface area contributed by atoms with Crippen LogP contribution in [-0.2, 0) is 9.59 Å². The van der Waals surface area contributed by atoms with Crippen molar-refractivity contribution in [1.82, 2.24) is 19.9 Å². The van der Waals surface area contributed by atoms with Crippen LogP contribution in [0.3, 0.4) is 0 Å². The Kier molecular flexibility index (Phi) is 6.04. The molecule has 2 N–H and O–H groups in total. The van der Waals surface area contributed by atoms with Crippen LogP contribution >= 0.6 is 0 Å². The van der Waals surface area contributed by atoms with Crippen LogP contribution in [0.5, 0.6) is 0 Å². The highest BCUT2D eigenvalue weighted by molar-refractivity contribution is 5.79. The number of hydrogen-bond acceptors (Lipinski definition) is 6. The zero-order valence-corrected chi connectivity index (χ0v) is 17.1. The van der Waals surface area contributed by atoms with E-state index in [2.05, 4.69) is 10.1 Å². The van der Waals surface area contributed by atoms with Crippen molar-refractivity contribution in [2.75, 3.05) is 19.6 Å². The Bertz CT molecular complexity index is 780. The molecular weight excluding hydrogens is 396 g/mol. The van der Waals surface area contributed by atoms with Gasteiger partial charge in [0.15, 0.2) is 5.82 Å². The van der Waals surface area contributed by atoms with E-state index in [-0.39, 0.29) is 37.2 Å². The van der Waals surface area contributed by atoms with Crippen LogP contribution in [0.4, 0.5) is 8.78 Å². The largest absolute Gasteiger partial charge is 0.337 e. The van der Waals surface area contributed by atoms with Crippen LogP contribution in [0.15, 0.2) is 4.52 Å². The molecule has 10 heteroatoms. The lowest BCUT2D eigenvalue weighted by molar-refractivity contribution is -0.148. The minimum absolute atomic E-state index is 0.0184. The Morgan fingerprint density at radius 3 is 2.80 bits per heavy atom. The van der Waals surface area contributed by atoms with E-state index < -0.39 is 24.9 Å². The summed E-state index contributed by atoms with van der Waals surface area (Å²) < 4.78 is 32.7. The van der Waals surface area contributed by atoms with Crippen molar-refractivity contribution in [3.05, 3.63) is 11.7 Å². The van der Waals surface area contributed by atoms with Gasteiger partial charge in [0.1, 0.15) is 6.04 Å². The highest BCUT2D eigenvalue weighted by atomic mass is 19.3. The second-order valence-electron chi connectivity index (χ2n) is 8.81. The molecule has 166 valence electrons. The van der Waals surface area contributed by atoms with Gasteiger partial charge in [0.25, 0.3) is 5.92 Å². The number of carbonyl (C=O) groups is 2. The molecule has 3 heterocycles. The Labute approximate surface area is 174 Å². The third-order valence-electron chi connectivity index (χ3n) is 6.41. The molecule has 0 bridgehead atoms. The van der Waals surface area contributed by atoms with Crippen molar-refractivity contribution < 1.29 is 22.9 Å². The molecule has 0 spiro atoms. The third kappa shape index (κ3) is 4.63. The van der Waals surface area contributed by atoms with E-state index in [1.54, 1.807) is 4.90 Å². The number of alkyl halides is 2. The minimum Gasteiger partial charge on any atom is -0.337 e. The number of halogens is 2. The van der Waals surface area contributed by atoms with Crippen LogP contribution in [0.25, 0.3) is 0 Å². The third-order valence-corrected chi connectivity index (χ3v) is 6.41. The highest BCUT2D eigenvalue weighted by Crippen LogP contribution is 2.36. The number of amides is 2. The van der Waals surface area contributed by atoms with Gasteiger partial charge in [-0.3, -0.25) is 9.59 Å². The maximum atomic E-state index is 13.6. The fourth-order valence-corrected chi connectivity index (χ4v) is 4.80. The van der Waals surface area contributed by atoms with Gasteiger partial charge < -0.3 is 20.1 Å². The molecule has 1 aliphatic carbocycles. The van der Waals surface area contributed by atoms with Crippen molar-refractivity contribution in [2.45, 2.75) is 81.7 Å². The van der Waals surface area contributed by atoms with Gasteiger partial charge in [0.05, 0.1) is 6.54 Å². The first-order valence-electron chi connectivity index (χ1n) is 10.9. The Morgan fingerprint density at radius 1 is 1.27 bits per heavy atom. The number of aromatic nitrogens is 2. The number of rotatable bonds is 6. The van der Waals surface area contributed by atoms with E-state index in [4.69, 9.17) is 10.3 Å². The summed E-state index contributed by atoms with van der Waals surface area (Å²) >= 11 is 0. The number of carbonyl (C=O) groups excluding carboxylic acids is 2. The summed E-state index contributed by atoms with van der Waals surface area (Å²) in [5, 5.41) is 4.13. The van der Waals surface area contributed by atoms with Crippen LogP contribution in [-0.4, -0.2) is 63.4 Å². The molecule has 1 saturated carbocycles. The summed E-state index contributed by atoms with van der Waals surface area (Å²) in [5.41, 5.74) is 6.06. The zero-order valence-electron chi connectivity index (χ0n) is 17.1. The summed E-state index contributed by atoms with van der Waals surface area (Å²) in [6.45, 7) is -0.116. The Balaban J connectivity index is 1.35. The molecule has 4 rings (SSSR count). The van der Waals surface area contributed by atoms with Crippen LogP contribution < -0.4 is 5.73 Å². The molecule has 8 nitrogen and oxygen atoms in total. The van der Waals surface area contributed by atoms with E-state index in [1.165, 1.54) is 12.8 Å². The second-order valence-corrected chi connectivity index (χ2v) is 8.81. The molecule has 0 aromatic carbocycles. The average Bonchev–Trinajstić information content (AvgIpc) is 3.44. The molecule has 1 aromatic rings. The molecule has 2 aliphatic heterocycles. The first-order valence-corrected chi connectivity index (χ1v) is 10.9. The summed E-state index contributed by atoms with van der Waals surface area (Å²) in [6, 6.07) is -0.971. The van der Waals surface area contributed by atoms with Crippen molar-refractivity contribution in [2.24, 2.45) is 5.73 Å². The normalized spacial score (nSPS) is 25.8. The van der Waals surface area contributed by atoms with Gasteiger partial charge in [0.2, 0.25) is 17.7 Å². The monoisotopic (exact) mass is 425 g/mol. The van der Waals surface area contributed by atoms with E-state index in [1.807, 2.05) is 0 Å². The van der Waals surface area contributed by atoms with Gasteiger partial charge in [-0.25, -0.2) is 8.78 Å². The van der Waals surface area contributed by atoms with Crippen molar-refractivity contribution >= 4 is 11.8 Å². The second kappa shape index (κ2) is 8.56. The van der Waals surface area contributed by atoms with Crippen molar-refractivity contribution in [3.63, 3.8) is 0 Å². The molecule has 2 amide bonds. The molecule has 3 aliphatic rings. The summed E-state index contributed by atoms with van der Waals surface area (Å²) in [5.74, 6) is -1.89. The quantitative estimate of drug-likeness (QED) is 0.750. The minimum atomic E-state index is -2.90. The lowest BCUT2D eigenvalue weighted by Gasteiger charge is -2.34. The van der Waals surface area contributed by atoms with Crippen LogP contribution in [0, 0.1) is 0 Å². The van der Waals surface area contributed by atoms with Gasteiger partial charge in [-0.1, -0.05) is 18.0 Å².